The number of nitrogen functional groups attached to an aromatic ring is 1. The van der Waals surface area contributed by atoms with Crippen molar-refractivity contribution in [3.63, 3.8) is 0 Å². The molecule has 1 aromatic heterocycles. The largest absolute Gasteiger partial charge is 0.375 e. The minimum Gasteiger partial charge on any atom is -0.375 e. The van der Waals surface area contributed by atoms with E-state index in [0.717, 1.165) is 22.7 Å². The van der Waals surface area contributed by atoms with E-state index < -0.39 is 28.9 Å². The van der Waals surface area contributed by atoms with Crippen LogP contribution in [-0.2, 0) is 13.0 Å². The standard InChI is InChI=1S/C13H10F3N3OS/c14-7-2-1-6(10(15)11(7)16)12(20)19-4-3-8-9(5-19)21-13(17)18-8/h1-2H,3-5H2,(H2,17,18). The number of nitrogens with two attached hydrogens (primary N) is 1. The number of nitrogens with zero attached hydrogens (tertiary/aromatic N) is 2. The summed E-state index contributed by atoms with van der Waals surface area (Å²) in [5, 5.41) is 0.410. The van der Waals surface area contributed by atoms with E-state index in [0.29, 0.717) is 18.1 Å². The third kappa shape index (κ3) is 2.35. The summed E-state index contributed by atoms with van der Waals surface area (Å²) >= 11 is 1.26. The number of carbonyl (C=O) groups excluding carboxylic acids is 1. The molecule has 0 radical (unpaired) electrons. The predicted octanol–water partition coefficient (Wildman–Crippen LogP) is 2.34. The molecule has 0 saturated carbocycles. The van der Waals surface area contributed by atoms with Crippen molar-refractivity contribution in [2.24, 2.45) is 0 Å². The maximum absolute atomic E-state index is 13.7. The van der Waals surface area contributed by atoms with E-state index in [9.17, 15) is 18.0 Å². The molecule has 110 valence electrons. The molecule has 0 bridgehead atoms. The van der Waals surface area contributed by atoms with Gasteiger partial charge in [-0.3, -0.25) is 4.79 Å². The van der Waals surface area contributed by atoms with Gasteiger partial charge in [-0.15, -0.1) is 11.3 Å². The number of fused-ring (bicyclic) bond motifs is 1. The lowest BCUT2D eigenvalue weighted by molar-refractivity contribution is 0.0730. The monoisotopic (exact) mass is 313 g/mol. The second-order valence-electron chi connectivity index (χ2n) is 4.62. The summed E-state index contributed by atoms with van der Waals surface area (Å²) in [6, 6.07) is 1.69. The van der Waals surface area contributed by atoms with Crippen LogP contribution in [-0.4, -0.2) is 22.3 Å². The van der Waals surface area contributed by atoms with Crippen molar-refractivity contribution in [2.45, 2.75) is 13.0 Å². The van der Waals surface area contributed by atoms with E-state index in [1.165, 1.54) is 16.2 Å². The summed E-state index contributed by atoms with van der Waals surface area (Å²) in [4.78, 5) is 18.6. The van der Waals surface area contributed by atoms with Crippen LogP contribution < -0.4 is 5.73 Å². The number of amides is 1. The quantitative estimate of drug-likeness (QED) is 0.822. The smallest absolute Gasteiger partial charge is 0.257 e. The number of rotatable bonds is 1. The summed E-state index contributed by atoms with van der Waals surface area (Å²) in [5.74, 6) is -5.10. The molecule has 0 spiro atoms. The number of hydrogen-bond acceptors (Lipinski definition) is 4. The van der Waals surface area contributed by atoms with Gasteiger partial charge in [0.05, 0.1) is 17.8 Å². The average Bonchev–Trinajstić information content (AvgIpc) is 2.83. The van der Waals surface area contributed by atoms with Crippen LogP contribution in [0, 0.1) is 17.5 Å². The van der Waals surface area contributed by atoms with Crippen LogP contribution in [0.5, 0.6) is 0 Å². The molecule has 1 amide bonds. The highest BCUT2D eigenvalue weighted by molar-refractivity contribution is 7.15. The molecule has 1 aliphatic rings. The first-order valence-corrected chi connectivity index (χ1v) is 6.96. The molecule has 8 heteroatoms. The van der Waals surface area contributed by atoms with E-state index >= 15 is 0 Å². The van der Waals surface area contributed by atoms with Crippen LogP contribution in [0.2, 0.25) is 0 Å². The molecule has 0 saturated heterocycles. The Morgan fingerprint density at radius 1 is 1.29 bits per heavy atom. The van der Waals surface area contributed by atoms with Crippen LogP contribution in [0.15, 0.2) is 12.1 Å². The van der Waals surface area contributed by atoms with Gasteiger partial charge in [0.25, 0.3) is 5.91 Å². The van der Waals surface area contributed by atoms with Crippen LogP contribution >= 0.6 is 11.3 Å². The molecule has 2 N–H and O–H groups in total. The van der Waals surface area contributed by atoms with Crippen molar-refractivity contribution < 1.29 is 18.0 Å². The number of aromatic nitrogens is 1. The zero-order chi connectivity index (χ0) is 15.1. The molecule has 1 aliphatic heterocycles. The lowest BCUT2D eigenvalue weighted by Crippen LogP contribution is -2.36. The van der Waals surface area contributed by atoms with Gasteiger partial charge in [-0.05, 0) is 12.1 Å². The van der Waals surface area contributed by atoms with Gasteiger partial charge in [0.2, 0.25) is 0 Å². The van der Waals surface area contributed by atoms with E-state index in [1.54, 1.807) is 0 Å². The molecule has 0 unspecified atom stereocenters. The third-order valence-corrected chi connectivity index (χ3v) is 4.21. The van der Waals surface area contributed by atoms with Crippen molar-refractivity contribution in [1.82, 2.24) is 9.88 Å². The Kier molecular flexibility index (Phi) is 3.32. The minimum atomic E-state index is -1.64. The lowest BCUT2D eigenvalue weighted by atomic mass is 10.1. The topological polar surface area (TPSA) is 59.2 Å². The minimum absolute atomic E-state index is 0.238. The van der Waals surface area contributed by atoms with Crippen molar-refractivity contribution in [3.8, 4) is 0 Å². The first kappa shape index (κ1) is 13.9. The van der Waals surface area contributed by atoms with Gasteiger partial charge >= 0.3 is 0 Å². The predicted molar refractivity (Wildman–Crippen MR) is 71.3 cm³/mol. The molecule has 0 atom stereocenters. The molecule has 0 fully saturated rings. The molecule has 1 aromatic carbocycles. The second-order valence-corrected chi connectivity index (χ2v) is 5.74. The molecule has 0 aliphatic carbocycles. The molecule has 4 nitrogen and oxygen atoms in total. The Morgan fingerprint density at radius 2 is 2.05 bits per heavy atom. The zero-order valence-electron chi connectivity index (χ0n) is 10.7. The highest BCUT2D eigenvalue weighted by atomic mass is 32.1. The molecule has 2 heterocycles. The summed E-state index contributed by atoms with van der Waals surface area (Å²) in [5.41, 5.74) is 5.95. The number of benzene rings is 1. The van der Waals surface area contributed by atoms with Gasteiger partial charge in [0, 0.05) is 17.8 Å². The molecular weight excluding hydrogens is 303 g/mol. The van der Waals surface area contributed by atoms with E-state index in [4.69, 9.17) is 5.73 Å². The molecule has 21 heavy (non-hydrogen) atoms. The first-order valence-electron chi connectivity index (χ1n) is 6.14. The lowest BCUT2D eigenvalue weighted by Gasteiger charge is -2.26. The van der Waals surface area contributed by atoms with Crippen LogP contribution in [0.3, 0.4) is 0 Å². The summed E-state index contributed by atoms with van der Waals surface area (Å²) < 4.78 is 39.8. The fourth-order valence-corrected chi connectivity index (χ4v) is 3.14. The highest BCUT2D eigenvalue weighted by Crippen LogP contribution is 2.28. The number of hydrogen-bond donors (Lipinski definition) is 1. The van der Waals surface area contributed by atoms with E-state index in [-0.39, 0.29) is 6.54 Å². The maximum atomic E-state index is 13.7. The number of halogens is 3. The zero-order valence-corrected chi connectivity index (χ0v) is 11.5. The van der Waals surface area contributed by atoms with Crippen molar-refractivity contribution in [2.75, 3.05) is 12.3 Å². The van der Waals surface area contributed by atoms with E-state index in [2.05, 4.69) is 4.98 Å². The van der Waals surface area contributed by atoms with Crippen LogP contribution in [0.25, 0.3) is 0 Å². The Labute approximate surface area is 122 Å². The fraction of sp³-hybridized carbons (Fsp3) is 0.231. The van der Waals surface area contributed by atoms with Gasteiger partial charge in [-0.1, -0.05) is 0 Å². The van der Waals surface area contributed by atoms with Gasteiger partial charge in [0.1, 0.15) is 0 Å². The number of thiazole rings is 1. The van der Waals surface area contributed by atoms with Crippen molar-refractivity contribution >= 4 is 22.4 Å². The average molecular weight is 313 g/mol. The van der Waals surface area contributed by atoms with Gasteiger partial charge < -0.3 is 10.6 Å². The maximum Gasteiger partial charge on any atom is 0.257 e. The molecule has 2 aromatic rings. The summed E-state index contributed by atoms with van der Waals surface area (Å²) in [6.07, 6.45) is 0.500. The Hall–Kier alpha value is -2.09. The van der Waals surface area contributed by atoms with Crippen LogP contribution in [0.4, 0.5) is 18.3 Å². The summed E-state index contributed by atoms with van der Waals surface area (Å²) in [6.45, 7) is 0.564. The Bertz CT molecular complexity index is 732. The summed E-state index contributed by atoms with van der Waals surface area (Å²) in [7, 11) is 0. The van der Waals surface area contributed by atoms with Gasteiger partial charge in [0.15, 0.2) is 22.6 Å². The van der Waals surface area contributed by atoms with Crippen LogP contribution in [0.1, 0.15) is 20.9 Å². The number of anilines is 1. The van der Waals surface area contributed by atoms with Crippen molar-refractivity contribution in [3.05, 3.63) is 45.7 Å². The van der Waals surface area contributed by atoms with Gasteiger partial charge in [-0.25, -0.2) is 18.2 Å². The van der Waals surface area contributed by atoms with Crippen molar-refractivity contribution in [1.29, 1.82) is 0 Å². The molecular formula is C13H10F3N3OS. The Balaban J connectivity index is 1.89. The number of carbonyl (C=O) groups is 1. The SMILES string of the molecule is Nc1nc2c(s1)CN(C(=O)c1ccc(F)c(F)c1F)CC2. The second kappa shape index (κ2) is 5.03. The van der Waals surface area contributed by atoms with Gasteiger partial charge in [-0.2, -0.15) is 0 Å². The Morgan fingerprint density at radius 3 is 2.81 bits per heavy atom. The third-order valence-electron chi connectivity index (χ3n) is 3.30. The highest BCUT2D eigenvalue weighted by Gasteiger charge is 2.27. The first-order chi connectivity index (χ1) is 9.97. The normalized spacial score (nSPS) is 14.1. The molecule has 3 rings (SSSR count). The van der Waals surface area contributed by atoms with E-state index in [1.807, 2.05) is 0 Å². The fourth-order valence-electron chi connectivity index (χ4n) is 2.25.